The number of urea groups is 1. The molecule has 0 bridgehead atoms. The van der Waals surface area contributed by atoms with E-state index in [1.165, 1.54) is 5.56 Å². The Bertz CT molecular complexity index is 781. The van der Waals surface area contributed by atoms with Crippen LogP contribution in [0, 0.1) is 18.8 Å². The van der Waals surface area contributed by atoms with Crippen molar-refractivity contribution in [2.45, 2.75) is 72.1 Å². The Hall–Kier alpha value is -2.61. The Kier molecular flexibility index (Phi) is 10.6. The fraction of sp³-hybridized carbons (Fsp3) is 0.640. The summed E-state index contributed by atoms with van der Waals surface area (Å²) in [4.78, 5) is 38.3. The van der Waals surface area contributed by atoms with Crippen LogP contribution in [-0.2, 0) is 20.9 Å². The van der Waals surface area contributed by atoms with Crippen LogP contribution in [0.4, 0.5) is 4.79 Å². The topological polar surface area (TPSA) is 108 Å². The van der Waals surface area contributed by atoms with E-state index >= 15 is 0 Å². The van der Waals surface area contributed by atoms with Gasteiger partial charge in [0.05, 0.1) is 12.7 Å². The van der Waals surface area contributed by atoms with Gasteiger partial charge in [-0.15, -0.1) is 0 Å². The molecule has 2 unspecified atom stereocenters. The number of hydrogen-bond donors (Lipinski definition) is 3. The number of aryl methyl sites for hydroxylation is 1. The second-order valence-corrected chi connectivity index (χ2v) is 9.17. The molecule has 0 aromatic heterocycles. The van der Waals surface area contributed by atoms with Crippen LogP contribution in [-0.4, -0.2) is 59.8 Å². The standard InChI is InChI=1S/C25H39N3O5/c1-5-26-25(32)28(16-19-11-9-18(4)10-12-19)13-14-33-21-8-6-7-20(15-21)23(29)27-22(17(2)3)24(30)31/h9-12,17,20-22H,5-8,13-16H2,1-4H3,(H,26,32)(H,27,29)(H,30,31)/t20?,21?,22-/m0/s1. The van der Waals surface area contributed by atoms with E-state index in [0.717, 1.165) is 24.8 Å². The van der Waals surface area contributed by atoms with Gasteiger partial charge in [-0.05, 0) is 44.6 Å². The van der Waals surface area contributed by atoms with E-state index in [1.54, 1.807) is 18.7 Å². The highest BCUT2D eigenvalue weighted by Gasteiger charge is 2.31. The number of aliphatic carboxylic acids is 1. The van der Waals surface area contributed by atoms with Crippen LogP contribution in [0.2, 0.25) is 0 Å². The summed E-state index contributed by atoms with van der Waals surface area (Å²) in [7, 11) is 0. The average molecular weight is 462 g/mol. The maximum Gasteiger partial charge on any atom is 0.326 e. The molecule has 8 heteroatoms. The van der Waals surface area contributed by atoms with Crippen molar-refractivity contribution in [1.29, 1.82) is 0 Å². The number of amides is 3. The molecule has 1 aromatic carbocycles. The number of nitrogens with one attached hydrogen (secondary N) is 2. The van der Waals surface area contributed by atoms with Gasteiger partial charge < -0.3 is 25.4 Å². The lowest BCUT2D eigenvalue weighted by molar-refractivity contribution is -0.144. The number of carbonyl (C=O) groups excluding carboxylic acids is 2. The molecule has 1 aromatic rings. The fourth-order valence-electron chi connectivity index (χ4n) is 4.08. The minimum absolute atomic E-state index is 0.0766. The number of carboxylic acids is 1. The highest BCUT2D eigenvalue weighted by Crippen LogP contribution is 2.27. The van der Waals surface area contributed by atoms with Crippen LogP contribution >= 0.6 is 0 Å². The van der Waals surface area contributed by atoms with Gasteiger partial charge in [-0.1, -0.05) is 50.1 Å². The average Bonchev–Trinajstić information content (AvgIpc) is 2.78. The predicted molar refractivity (Wildman–Crippen MR) is 127 cm³/mol. The second kappa shape index (κ2) is 13.2. The lowest BCUT2D eigenvalue weighted by Crippen LogP contribution is -2.47. The lowest BCUT2D eigenvalue weighted by atomic mass is 9.86. The molecule has 3 amide bonds. The summed E-state index contributed by atoms with van der Waals surface area (Å²) in [6.45, 7) is 9.36. The molecule has 8 nitrogen and oxygen atoms in total. The minimum Gasteiger partial charge on any atom is -0.480 e. The Morgan fingerprint density at radius 3 is 2.48 bits per heavy atom. The Labute approximate surface area is 197 Å². The van der Waals surface area contributed by atoms with E-state index in [0.29, 0.717) is 32.7 Å². The Morgan fingerprint density at radius 1 is 1.18 bits per heavy atom. The van der Waals surface area contributed by atoms with Crippen molar-refractivity contribution in [3.05, 3.63) is 35.4 Å². The summed E-state index contributed by atoms with van der Waals surface area (Å²) in [6, 6.07) is 7.09. The molecule has 3 N–H and O–H groups in total. The summed E-state index contributed by atoms with van der Waals surface area (Å²) in [6.07, 6.45) is 2.93. The molecule has 0 radical (unpaired) electrons. The monoisotopic (exact) mass is 461 g/mol. The first-order valence-corrected chi connectivity index (χ1v) is 11.9. The number of carboxylic acid groups (broad SMARTS) is 1. The smallest absolute Gasteiger partial charge is 0.326 e. The van der Waals surface area contributed by atoms with Crippen molar-refractivity contribution in [1.82, 2.24) is 15.5 Å². The van der Waals surface area contributed by atoms with Crippen LogP contribution in [0.15, 0.2) is 24.3 Å². The van der Waals surface area contributed by atoms with E-state index in [-0.39, 0.29) is 29.9 Å². The second-order valence-electron chi connectivity index (χ2n) is 9.17. The molecule has 184 valence electrons. The van der Waals surface area contributed by atoms with Gasteiger partial charge in [-0.2, -0.15) is 0 Å². The molecule has 1 aliphatic carbocycles. The van der Waals surface area contributed by atoms with Crippen molar-refractivity contribution in [3.63, 3.8) is 0 Å². The van der Waals surface area contributed by atoms with Gasteiger partial charge in [0.25, 0.3) is 0 Å². The first-order chi connectivity index (χ1) is 15.7. The van der Waals surface area contributed by atoms with Crippen LogP contribution in [0.1, 0.15) is 57.6 Å². The summed E-state index contributed by atoms with van der Waals surface area (Å²) in [5.41, 5.74) is 2.23. The molecule has 0 aliphatic heterocycles. The predicted octanol–water partition coefficient (Wildman–Crippen LogP) is 3.33. The van der Waals surface area contributed by atoms with E-state index < -0.39 is 12.0 Å². The highest BCUT2D eigenvalue weighted by atomic mass is 16.5. The van der Waals surface area contributed by atoms with Gasteiger partial charge in [0.2, 0.25) is 5.91 Å². The third-order valence-electron chi connectivity index (χ3n) is 6.05. The zero-order valence-electron chi connectivity index (χ0n) is 20.3. The van der Waals surface area contributed by atoms with Crippen molar-refractivity contribution in [3.8, 4) is 0 Å². The summed E-state index contributed by atoms with van der Waals surface area (Å²) < 4.78 is 6.06. The minimum atomic E-state index is -1.01. The summed E-state index contributed by atoms with van der Waals surface area (Å²) in [5.74, 6) is -1.67. The summed E-state index contributed by atoms with van der Waals surface area (Å²) in [5, 5.41) is 14.9. The number of nitrogens with zero attached hydrogens (tertiary/aromatic N) is 1. The van der Waals surface area contributed by atoms with Gasteiger partial charge in [-0.3, -0.25) is 4.79 Å². The van der Waals surface area contributed by atoms with Crippen LogP contribution < -0.4 is 10.6 Å². The molecular formula is C25H39N3O5. The third-order valence-corrected chi connectivity index (χ3v) is 6.05. The number of hydrogen-bond acceptors (Lipinski definition) is 4. The molecule has 1 saturated carbocycles. The number of benzene rings is 1. The van der Waals surface area contributed by atoms with Crippen LogP contribution in [0.5, 0.6) is 0 Å². The molecular weight excluding hydrogens is 422 g/mol. The normalized spacial score (nSPS) is 19.1. The van der Waals surface area contributed by atoms with Crippen molar-refractivity contribution < 1.29 is 24.2 Å². The number of carbonyl (C=O) groups is 3. The largest absolute Gasteiger partial charge is 0.480 e. The molecule has 1 aliphatic rings. The third kappa shape index (κ3) is 8.68. The molecule has 3 atom stereocenters. The van der Waals surface area contributed by atoms with Crippen molar-refractivity contribution in [2.24, 2.45) is 11.8 Å². The van der Waals surface area contributed by atoms with Gasteiger partial charge in [0, 0.05) is 25.6 Å². The van der Waals surface area contributed by atoms with Gasteiger partial charge in [-0.25, -0.2) is 9.59 Å². The summed E-state index contributed by atoms with van der Waals surface area (Å²) >= 11 is 0. The SMILES string of the molecule is CCNC(=O)N(CCOC1CCCC(C(=O)N[C@H](C(=O)O)C(C)C)C1)Cc1ccc(C)cc1. The molecule has 2 rings (SSSR count). The van der Waals surface area contributed by atoms with E-state index in [9.17, 15) is 19.5 Å². The number of rotatable bonds is 11. The lowest BCUT2D eigenvalue weighted by Gasteiger charge is -2.30. The van der Waals surface area contributed by atoms with E-state index in [1.807, 2.05) is 38.1 Å². The van der Waals surface area contributed by atoms with Crippen LogP contribution in [0.25, 0.3) is 0 Å². The maximum atomic E-state index is 12.6. The van der Waals surface area contributed by atoms with E-state index in [2.05, 4.69) is 10.6 Å². The fourth-order valence-corrected chi connectivity index (χ4v) is 4.08. The zero-order valence-corrected chi connectivity index (χ0v) is 20.3. The quantitative estimate of drug-likeness (QED) is 0.468. The molecule has 0 saturated heterocycles. The Balaban J connectivity index is 1.88. The highest BCUT2D eigenvalue weighted by molar-refractivity contribution is 5.85. The molecule has 0 heterocycles. The van der Waals surface area contributed by atoms with Crippen molar-refractivity contribution >= 4 is 17.9 Å². The van der Waals surface area contributed by atoms with Gasteiger partial charge in [0.15, 0.2) is 0 Å². The van der Waals surface area contributed by atoms with Crippen LogP contribution in [0.3, 0.4) is 0 Å². The van der Waals surface area contributed by atoms with Gasteiger partial charge in [0.1, 0.15) is 6.04 Å². The number of ether oxygens (including phenoxy) is 1. The van der Waals surface area contributed by atoms with Crippen molar-refractivity contribution in [2.75, 3.05) is 19.7 Å². The first-order valence-electron chi connectivity index (χ1n) is 11.9. The molecule has 1 fully saturated rings. The van der Waals surface area contributed by atoms with Gasteiger partial charge >= 0.3 is 12.0 Å². The Morgan fingerprint density at radius 2 is 1.88 bits per heavy atom. The maximum absolute atomic E-state index is 12.6. The molecule has 0 spiro atoms. The van der Waals surface area contributed by atoms with E-state index in [4.69, 9.17) is 4.74 Å². The first kappa shape index (κ1) is 26.6. The zero-order chi connectivity index (χ0) is 24.4. The molecule has 33 heavy (non-hydrogen) atoms.